The van der Waals surface area contributed by atoms with Crippen LogP contribution in [-0.4, -0.2) is 70.6 Å². The molecule has 1 aliphatic heterocycles. The minimum atomic E-state index is -0.0550. The van der Waals surface area contributed by atoms with Crippen LogP contribution in [-0.2, 0) is 6.54 Å². The third-order valence-corrected chi connectivity index (χ3v) is 5.57. The van der Waals surface area contributed by atoms with E-state index < -0.39 is 0 Å². The van der Waals surface area contributed by atoms with Gasteiger partial charge in [-0.1, -0.05) is 11.3 Å². The van der Waals surface area contributed by atoms with E-state index in [0.29, 0.717) is 25.4 Å². The predicted molar refractivity (Wildman–Crippen MR) is 115 cm³/mol. The number of ether oxygens (including phenoxy) is 2. The topological polar surface area (TPSA) is 72.7 Å². The molecule has 0 saturated carbocycles. The van der Waals surface area contributed by atoms with Gasteiger partial charge in [-0.25, -0.2) is 4.68 Å². The van der Waals surface area contributed by atoms with Crippen LogP contribution >= 0.6 is 0 Å². The first kappa shape index (κ1) is 22.1. The van der Waals surface area contributed by atoms with E-state index >= 15 is 0 Å². The number of amides is 1. The Bertz CT molecular complexity index is 834. The smallest absolute Gasteiger partial charge is 0.276 e. The van der Waals surface area contributed by atoms with Crippen LogP contribution in [0.5, 0.6) is 11.5 Å². The summed E-state index contributed by atoms with van der Waals surface area (Å²) in [6, 6.07) is 6.32. The molecule has 1 aliphatic rings. The van der Waals surface area contributed by atoms with Crippen LogP contribution in [0.3, 0.4) is 0 Å². The molecule has 30 heavy (non-hydrogen) atoms. The molecule has 2 aromatic rings. The van der Waals surface area contributed by atoms with Crippen LogP contribution in [0.1, 0.15) is 55.7 Å². The van der Waals surface area contributed by atoms with Gasteiger partial charge in [-0.3, -0.25) is 9.69 Å². The Morgan fingerprint density at radius 3 is 2.73 bits per heavy atom. The zero-order valence-corrected chi connectivity index (χ0v) is 18.5. The van der Waals surface area contributed by atoms with E-state index in [1.54, 1.807) is 18.2 Å². The molecule has 0 unspecified atom stereocenters. The maximum absolute atomic E-state index is 12.5. The highest BCUT2D eigenvalue weighted by Crippen LogP contribution is 2.29. The van der Waals surface area contributed by atoms with Gasteiger partial charge in [-0.15, -0.1) is 5.10 Å². The summed E-state index contributed by atoms with van der Waals surface area (Å²) < 4.78 is 13.0. The summed E-state index contributed by atoms with van der Waals surface area (Å²) in [5, 5.41) is 8.41. The first-order valence-corrected chi connectivity index (χ1v) is 10.8. The Balaban J connectivity index is 1.66. The predicted octanol–water partition coefficient (Wildman–Crippen LogP) is 3.00. The van der Waals surface area contributed by atoms with Crippen molar-refractivity contribution < 1.29 is 14.3 Å². The van der Waals surface area contributed by atoms with Crippen LogP contribution < -0.4 is 9.47 Å². The van der Waals surface area contributed by atoms with Crippen molar-refractivity contribution in [3.8, 4) is 11.5 Å². The molecular weight excluding hydrogens is 382 g/mol. The number of carbonyl (C=O) groups excluding carboxylic acids is 1. The van der Waals surface area contributed by atoms with E-state index in [4.69, 9.17) is 9.47 Å². The van der Waals surface area contributed by atoms with Gasteiger partial charge in [0.15, 0.2) is 17.2 Å². The fraction of sp³-hybridized carbons (Fsp3) is 0.591. The maximum atomic E-state index is 12.5. The van der Waals surface area contributed by atoms with Gasteiger partial charge in [0.1, 0.15) is 0 Å². The second-order valence-electron chi connectivity index (χ2n) is 7.51. The van der Waals surface area contributed by atoms with Crippen molar-refractivity contribution in [2.45, 2.75) is 46.2 Å². The number of methoxy groups -OCH3 is 1. The van der Waals surface area contributed by atoms with E-state index in [9.17, 15) is 4.79 Å². The van der Waals surface area contributed by atoms with Crippen molar-refractivity contribution >= 4 is 5.91 Å². The van der Waals surface area contributed by atoms with Crippen LogP contribution in [0.2, 0.25) is 0 Å². The molecule has 164 valence electrons. The third kappa shape index (κ3) is 5.11. The van der Waals surface area contributed by atoms with Crippen molar-refractivity contribution in [2.24, 2.45) is 0 Å². The van der Waals surface area contributed by atoms with Crippen molar-refractivity contribution in [3.63, 3.8) is 0 Å². The first-order valence-electron chi connectivity index (χ1n) is 10.8. The van der Waals surface area contributed by atoms with Crippen molar-refractivity contribution in [1.82, 2.24) is 24.8 Å². The molecule has 0 bridgehead atoms. The molecule has 0 radical (unpaired) electrons. The summed E-state index contributed by atoms with van der Waals surface area (Å²) in [6.45, 7) is 10.6. The minimum absolute atomic E-state index is 0.0550. The maximum Gasteiger partial charge on any atom is 0.276 e. The van der Waals surface area contributed by atoms with Gasteiger partial charge in [0, 0.05) is 26.2 Å². The molecule has 1 amide bonds. The van der Waals surface area contributed by atoms with Gasteiger partial charge in [0.2, 0.25) is 0 Å². The molecule has 0 N–H and O–H groups in total. The van der Waals surface area contributed by atoms with E-state index in [1.807, 2.05) is 31.5 Å². The average Bonchev–Trinajstić information content (AvgIpc) is 3.26. The second kappa shape index (κ2) is 10.4. The minimum Gasteiger partial charge on any atom is -0.493 e. The largest absolute Gasteiger partial charge is 0.493 e. The SMILES string of the molecule is CCOc1cc(CN2CCC[C@@H](n3cc(C(=O)N(CC)CC)nn3)C2)ccc1OC. The fourth-order valence-corrected chi connectivity index (χ4v) is 3.96. The van der Waals surface area contributed by atoms with Gasteiger partial charge in [0.05, 0.1) is 26.0 Å². The zero-order chi connectivity index (χ0) is 21.5. The average molecular weight is 416 g/mol. The summed E-state index contributed by atoms with van der Waals surface area (Å²) in [4.78, 5) is 16.7. The monoisotopic (exact) mass is 415 g/mol. The lowest BCUT2D eigenvalue weighted by Gasteiger charge is -2.32. The lowest BCUT2D eigenvalue weighted by atomic mass is 10.0. The molecule has 0 spiro atoms. The molecule has 8 heteroatoms. The van der Waals surface area contributed by atoms with Crippen molar-refractivity contribution in [1.29, 1.82) is 0 Å². The number of benzene rings is 1. The Morgan fingerprint density at radius 1 is 1.23 bits per heavy atom. The molecule has 1 aromatic carbocycles. The number of nitrogens with zero attached hydrogens (tertiary/aromatic N) is 5. The summed E-state index contributed by atoms with van der Waals surface area (Å²) in [7, 11) is 1.66. The van der Waals surface area contributed by atoms with Gasteiger partial charge in [-0.05, 0) is 57.9 Å². The normalized spacial score (nSPS) is 17.0. The number of likely N-dealkylation sites (tertiary alicyclic amines) is 1. The molecule has 0 aliphatic carbocycles. The number of piperidine rings is 1. The second-order valence-corrected chi connectivity index (χ2v) is 7.51. The summed E-state index contributed by atoms with van der Waals surface area (Å²) in [5.74, 6) is 1.48. The highest BCUT2D eigenvalue weighted by atomic mass is 16.5. The summed E-state index contributed by atoms with van der Waals surface area (Å²) in [5.41, 5.74) is 1.61. The Labute approximate surface area is 178 Å². The van der Waals surface area contributed by atoms with Crippen molar-refractivity contribution in [2.75, 3.05) is 39.9 Å². The lowest BCUT2D eigenvalue weighted by molar-refractivity contribution is 0.0767. The van der Waals surface area contributed by atoms with Gasteiger partial charge in [0.25, 0.3) is 5.91 Å². The third-order valence-electron chi connectivity index (χ3n) is 5.57. The Hall–Kier alpha value is -2.61. The fourth-order valence-electron chi connectivity index (χ4n) is 3.96. The van der Waals surface area contributed by atoms with E-state index in [1.165, 1.54) is 5.56 Å². The Morgan fingerprint density at radius 2 is 2.03 bits per heavy atom. The molecule has 3 rings (SSSR count). The molecule has 1 atom stereocenters. The molecule has 2 heterocycles. The number of carbonyl (C=O) groups is 1. The van der Waals surface area contributed by atoms with Gasteiger partial charge in [-0.2, -0.15) is 0 Å². The van der Waals surface area contributed by atoms with E-state index in [-0.39, 0.29) is 11.9 Å². The van der Waals surface area contributed by atoms with Crippen LogP contribution in [0.15, 0.2) is 24.4 Å². The van der Waals surface area contributed by atoms with E-state index in [0.717, 1.165) is 44.0 Å². The standard InChI is InChI=1S/C22H33N5O3/c1-5-26(6-2)22(28)19-16-27(24-23-19)18-9-8-12-25(15-18)14-17-10-11-20(29-4)21(13-17)30-7-3/h10-11,13,16,18H,5-9,12,14-15H2,1-4H3/t18-/m1/s1. The quantitative estimate of drug-likeness (QED) is 0.627. The molecular formula is C22H33N5O3. The van der Waals surface area contributed by atoms with E-state index in [2.05, 4.69) is 27.3 Å². The first-order chi connectivity index (χ1) is 14.6. The highest BCUT2D eigenvalue weighted by molar-refractivity contribution is 5.91. The van der Waals surface area contributed by atoms with Crippen LogP contribution in [0.4, 0.5) is 0 Å². The van der Waals surface area contributed by atoms with Crippen LogP contribution in [0.25, 0.3) is 0 Å². The van der Waals surface area contributed by atoms with Gasteiger partial charge < -0.3 is 14.4 Å². The zero-order valence-electron chi connectivity index (χ0n) is 18.5. The van der Waals surface area contributed by atoms with Crippen molar-refractivity contribution in [3.05, 3.63) is 35.7 Å². The highest BCUT2D eigenvalue weighted by Gasteiger charge is 2.24. The summed E-state index contributed by atoms with van der Waals surface area (Å²) >= 11 is 0. The number of aromatic nitrogens is 3. The molecule has 8 nitrogen and oxygen atoms in total. The van der Waals surface area contributed by atoms with Gasteiger partial charge >= 0.3 is 0 Å². The van der Waals surface area contributed by atoms with Crippen LogP contribution in [0, 0.1) is 0 Å². The number of rotatable bonds is 9. The summed E-state index contributed by atoms with van der Waals surface area (Å²) in [6.07, 6.45) is 3.92. The Kier molecular flexibility index (Phi) is 7.68. The number of hydrogen-bond acceptors (Lipinski definition) is 6. The molecule has 1 saturated heterocycles. The molecule has 1 aromatic heterocycles. The lowest BCUT2D eigenvalue weighted by Crippen LogP contribution is -2.36. The number of hydrogen-bond donors (Lipinski definition) is 0. The molecule has 1 fully saturated rings.